The fraction of sp³-hybridized carbons (Fsp3) is 0.440. The number of allylic oxidation sites excluding steroid dienone is 4. The number of furan rings is 1. The molecule has 0 amide bonds. The number of fused-ring (bicyclic) bond motifs is 2. The number of rotatable bonds is 5. The van der Waals surface area contributed by atoms with E-state index >= 15 is 0 Å². The molecular weight excluding hydrogens is 327 g/mol. The van der Waals surface area contributed by atoms with E-state index in [1.54, 1.807) is 0 Å². The molecule has 1 aliphatic rings. The van der Waals surface area contributed by atoms with E-state index in [0.717, 1.165) is 11.0 Å². The number of hydrogen-bond acceptors (Lipinski definition) is 1. The van der Waals surface area contributed by atoms with Crippen molar-refractivity contribution in [1.29, 1.82) is 0 Å². The normalized spacial score (nSPS) is 18.9. The second kappa shape index (κ2) is 7.22. The third-order valence-electron chi connectivity index (χ3n) is 6.15. The number of benzene rings is 1. The van der Waals surface area contributed by atoms with Crippen molar-refractivity contribution in [3.8, 4) is 0 Å². The zero-order chi connectivity index (χ0) is 19.8. The summed E-state index contributed by atoms with van der Waals surface area (Å²) in [7, 11) is 2.14. The van der Waals surface area contributed by atoms with Crippen LogP contribution in [0.3, 0.4) is 0 Å². The first-order chi connectivity index (χ1) is 12.7. The minimum absolute atomic E-state index is 0.207. The van der Waals surface area contributed by atoms with Gasteiger partial charge in [0.05, 0.1) is 6.26 Å². The third-order valence-corrected chi connectivity index (χ3v) is 6.15. The van der Waals surface area contributed by atoms with E-state index in [2.05, 4.69) is 85.7 Å². The van der Waals surface area contributed by atoms with E-state index in [4.69, 9.17) is 4.42 Å². The first kappa shape index (κ1) is 19.8. The molecule has 0 bridgehead atoms. The standard InChI is InChI=1S/C25H32BO/c1-8-18(17(2)3)10-9-13-26-22-16-27-23-15-21-20(14-19(22)23)24(4,5)11-12-25(21,6)7/h8-10,13-17H,1,11-12H2,2-7H3/b13-9+,18-10+. The molecule has 1 aliphatic carbocycles. The fourth-order valence-electron chi connectivity index (χ4n) is 4.06. The summed E-state index contributed by atoms with van der Waals surface area (Å²) in [5, 5.41) is 1.21. The average Bonchev–Trinajstić information content (AvgIpc) is 3.00. The first-order valence-electron chi connectivity index (χ1n) is 10.1. The summed E-state index contributed by atoms with van der Waals surface area (Å²) >= 11 is 0. The van der Waals surface area contributed by atoms with Gasteiger partial charge in [-0.15, -0.1) is 5.98 Å². The van der Waals surface area contributed by atoms with Crippen molar-refractivity contribution in [2.24, 2.45) is 5.92 Å². The fourth-order valence-corrected chi connectivity index (χ4v) is 4.06. The van der Waals surface area contributed by atoms with Crippen LogP contribution in [-0.2, 0) is 10.8 Å². The van der Waals surface area contributed by atoms with Crippen LogP contribution in [0.4, 0.5) is 0 Å². The summed E-state index contributed by atoms with van der Waals surface area (Å²) in [6, 6.07) is 4.65. The quantitative estimate of drug-likeness (QED) is 0.445. The van der Waals surface area contributed by atoms with Crippen molar-refractivity contribution in [3.63, 3.8) is 0 Å². The van der Waals surface area contributed by atoms with Crippen molar-refractivity contribution in [2.45, 2.75) is 65.2 Å². The average molecular weight is 359 g/mol. The molecule has 0 unspecified atom stereocenters. The van der Waals surface area contributed by atoms with Gasteiger partial charge in [-0.25, -0.2) is 0 Å². The first-order valence-corrected chi connectivity index (χ1v) is 10.1. The molecule has 0 fully saturated rings. The predicted octanol–water partition coefficient (Wildman–Crippen LogP) is 6.39. The van der Waals surface area contributed by atoms with Gasteiger partial charge >= 0.3 is 0 Å². The highest BCUT2D eigenvalue weighted by atomic mass is 16.3. The molecule has 0 atom stereocenters. The largest absolute Gasteiger partial charge is 0.465 e. The smallest absolute Gasteiger partial charge is 0.186 e. The molecule has 0 spiro atoms. The van der Waals surface area contributed by atoms with Crippen molar-refractivity contribution < 1.29 is 4.42 Å². The summed E-state index contributed by atoms with van der Waals surface area (Å²) < 4.78 is 5.92. The molecule has 1 heterocycles. The van der Waals surface area contributed by atoms with Gasteiger partial charge in [0.1, 0.15) is 5.58 Å². The summed E-state index contributed by atoms with van der Waals surface area (Å²) in [5.74, 6) is 2.57. The van der Waals surface area contributed by atoms with Crippen LogP contribution in [0.2, 0.25) is 0 Å². The molecule has 1 aromatic carbocycles. The third kappa shape index (κ3) is 3.86. The molecule has 2 heteroatoms. The van der Waals surface area contributed by atoms with Gasteiger partial charge in [0.25, 0.3) is 0 Å². The van der Waals surface area contributed by atoms with Crippen molar-refractivity contribution in [1.82, 2.24) is 0 Å². The van der Waals surface area contributed by atoms with Crippen LogP contribution in [0, 0.1) is 5.92 Å². The van der Waals surface area contributed by atoms with Gasteiger partial charge in [-0.05, 0) is 63.9 Å². The lowest BCUT2D eigenvalue weighted by Gasteiger charge is -2.41. The molecule has 3 rings (SSSR count). The van der Waals surface area contributed by atoms with Crippen LogP contribution in [0.15, 0.2) is 59.2 Å². The maximum atomic E-state index is 5.92. The summed E-state index contributed by atoms with van der Waals surface area (Å²) in [6.07, 6.45) is 10.5. The Morgan fingerprint density at radius 1 is 1.11 bits per heavy atom. The van der Waals surface area contributed by atoms with E-state index in [1.807, 2.05) is 12.3 Å². The molecule has 0 saturated heterocycles. The highest BCUT2D eigenvalue weighted by Gasteiger charge is 2.37. The van der Waals surface area contributed by atoms with E-state index < -0.39 is 0 Å². The number of hydrogen-bond donors (Lipinski definition) is 0. The Kier molecular flexibility index (Phi) is 5.30. The zero-order valence-corrected chi connectivity index (χ0v) is 17.7. The Hall–Kier alpha value is -1.96. The molecule has 141 valence electrons. The Labute approximate surface area is 165 Å². The lowest BCUT2D eigenvalue weighted by molar-refractivity contribution is 0.332. The molecule has 0 saturated carbocycles. The molecule has 1 nitrogen and oxygen atoms in total. The van der Waals surface area contributed by atoms with Crippen molar-refractivity contribution >= 4 is 23.7 Å². The summed E-state index contributed by atoms with van der Waals surface area (Å²) in [4.78, 5) is 0. The topological polar surface area (TPSA) is 13.1 Å². The van der Waals surface area contributed by atoms with E-state index in [1.165, 1.54) is 34.9 Å². The lowest BCUT2D eigenvalue weighted by atomic mass is 9.62. The highest BCUT2D eigenvalue weighted by Crippen LogP contribution is 2.46. The summed E-state index contributed by atoms with van der Waals surface area (Å²) in [6.45, 7) is 17.7. The van der Waals surface area contributed by atoms with Crippen molar-refractivity contribution in [2.75, 3.05) is 0 Å². The Morgan fingerprint density at radius 2 is 1.74 bits per heavy atom. The Morgan fingerprint density at radius 3 is 2.33 bits per heavy atom. The second-order valence-electron chi connectivity index (χ2n) is 9.43. The molecule has 2 aromatic rings. The van der Waals surface area contributed by atoms with E-state index in [9.17, 15) is 0 Å². The molecular formula is C25H32BO. The van der Waals surface area contributed by atoms with Crippen molar-refractivity contribution in [3.05, 3.63) is 65.9 Å². The highest BCUT2D eigenvalue weighted by molar-refractivity contribution is 6.61. The Balaban J connectivity index is 1.95. The van der Waals surface area contributed by atoms with Gasteiger partial charge in [-0.2, -0.15) is 0 Å². The van der Waals surface area contributed by atoms with E-state index in [0.29, 0.717) is 5.92 Å². The SMILES string of the molecule is C=C/C(=C\C=C\[B]c1coc2cc3c(cc12)C(C)(C)CCC3(C)C)C(C)C. The van der Waals surface area contributed by atoms with Crippen LogP contribution in [-0.4, -0.2) is 7.28 Å². The molecule has 0 aliphatic heterocycles. The van der Waals surface area contributed by atoms with Crippen LogP contribution in [0.5, 0.6) is 0 Å². The van der Waals surface area contributed by atoms with Gasteiger partial charge < -0.3 is 4.42 Å². The van der Waals surface area contributed by atoms with Gasteiger partial charge in [0.2, 0.25) is 0 Å². The molecule has 0 N–H and O–H groups in total. The second-order valence-corrected chi connectivity index (χ2v) is 9.43. The summed E-state index contributed by atoms with van der Waals surface area (Å²) in [5.41, 5.74) is 6.71. The Bertz CT molecular complexity index is 906. The van der Waals surface area contributed by atoms with Gasteiger partial charge in [-0.1, -0.05) is 66.3 Å². The monoisotopic (exact) mass is 359 g/mol. The van der Waals surface area contributed by atoms with Gasteiger partial charge in [-0.3, -0.25) is 0 Å². The van der Waals surface area contributed by atoms with Gasteiger partial charge in [0.15, 0.2) is 7.28 Å². The van der Waals surface area contributed by atoms with Crippen LogP contribution >= 0.6 is 0 Å². The van der Waals surface area contributed by atoms with Crippen LogP contribution < -0.4 is 5.46 Å². The maximum absolute atomic E-state index is 5.92. The van der Waals surface area contributed by atoms with Gasteiger partial charge in [0, 0.05) is 5.39 Å². The lowest BCUT2D eigenvalue weighted by Crippen LogP contribution is -2.33. The maximum Gasteiger partial charge on any atom is 0.186 e. The molecule has 1 aromatic heterocycles. The zero-order valence-electron chi connectivity index (χ0n) is 17.7. The molecule has 27 heavy (non-hydrogen) atoms. The van der Waals surface area contributed by atoms with Crippen LogP contribution in [0.1, 0.15) is 65.5 Å². The molecule has 1 radical (unpaired) electrons. The minimum atomic E-state index is 0.207. The minimum Gasteiger partial charge on any atom is -0.465 e. The van der Waals surface area contributed by atoms with E-state index in [-0.39, 0.29) is 10.8 Å². The van der Waals surface area contributed by atoms with Crippen LogP contribution in [0.25, 0.3) is 11.0 Å². The predicted molar refractivity (Wildman–Crippen MR) is 119 cm³/mol.